The van der Waals surface area contributed by atoms with E-state index < -0.39 is 0 Å². The number of ketones is 1. The summed E-state index contributed by atoms with van der Waals surface area (Å²) in [4.78, 5) is 11.6. The van der Waals surface area contributed by atoms with Gasteiger partial charge >= 0.3 is 0 Å². The number of Topliss-reactive ketones (excluding diaryl/α,β-unsaturated/α-hetero) is 1. The summed E-state index contributed by atoms with van der Waals surface area (Å²) in [5.74, 6) is 0.904. The minimum Gasteiger partial charge on any atom is -0.497 e. The molecule has 1 aromatic heterocycles. The van der Waals surface area contributed by atoms with Gasteiger partial charge in [-0.15, -0.1) is 0 Å². The first-order valence-corrected chi connectivity index (χ1v) is 5.74. The monoisotopic (exact) mass is 231 g/mol. The molecule has 0 spiro atoms. The highest BCUT2D eigenvalue weighted by atomic mass is 16.5. The maximum absolute atomic E-state index is 11.6. The number of hydrogen-bond acceptors (Lipinski definition) is 2. The van der Waals surface area contributed by atoms with E-state index in [2.05, 4.69) is 18.4 Å². The predicted molar refractivity (Wildman–Crippen MR) is 68.9 cm³/mol. The highest BCUT2D eigenvalue weighted by Gasteiger charge is 2.14. The van der Waals surface area contributed by atoms with E-state index in [1.54, 1.807) is 14.0 Å². The lowest BCUT2D eigenvalue weighted by Crippen LogP contribution is -2.08. The summed E-state index contributed by atoms with van der Waals surface area (Å²) < 4.78 is 7.28. The number of benzene rings is 1. The van der Waals surface area contributed by atoms with Crippen molar-refractivity contribution in [1.82, 2.24) is 4.57 Å². The summed E-state index contributed by atoms with van der Waals surface area (Å²) in [6, 6.07) is 8.06. The zero-order chi connectivity index (χ0) is 12.6. The summed E-state index contributed by atoms with van der Waals surface area (Å²) in [6.07, 6.45) is 0. The van der Waals surface area contributed by atoms with Crippen molar-refractivity contribution in [2.75, 3.05) is 7.11 Å². The number of aromatic nitrogens is 1. The molecular weight excluding hydrogens is 214 g/mol. The van der Waals surface area contributed by atoms with Crippen molar-refractivity contribution < 1.29 is 9.53 Å². The minimum atomic E-state index is 0.0915. The van der Waals surface area contributed by atoms with E-state index in [0.29, 0.717) is 0 Å². The maximum atomic E-state index is 11.6. The van der Waals surface area contributed by atoms with Gasteiger partial charge in [-0.05, 0) is 32.0 Å². The zero-order valence-corrected chi connectivity index (χ0v) is 10.7. The molecule has 17 heavy (non-hydrogen) atoms. The standard InChI is InChI=1S/C14H17NO2/c1-9(2)15-13(10(3)16)7-11-5-6-12(17-4)8-14(11)15/h5-9H,1-4H3. The average molecular weight is 231 g/mol. The molecule has 1 aromatic carbocycles. The van der Waals surface area contributed by atoms with Gasteiger partial charge in [0.25, 0.3) is 0 Å². The zero-order valence-electron chi connectivity index (χ0n) is 10.7. The molecule has 3 nitrogen and oxygen atoms in total. The second kappa shape index (κ2) is 4.24. The number of carbonyl (C=O) groups excluding carboxylic acids is 1. The van der Waals surface area contributed by atoms with Gasteiger partial charge in [-0.1, -0.05) is 0 Å². The van der Waals surface area contributed by atoms with Crippen molar-refractivity contribution in [1.29, 1.82) is 0 Å². The molecule has 3 heteroatoms. The van der Waals surface area contributed by atoms with Crippen LogP contribution >= 0.6 is 0 Å². The molecule has 0 aliphatic rings. The van der Waals surface area contributed by atoms with Crippen molar-refractivity contribution in [3.63, 3.8) is 0 Å². The second-order valence-electron chi connectivity index (χ2n) is 4.47. The van der Waals surface area contributed by atoms with Crippen LogP contribution in [0.4, 0.5) is 0 Å². The highest BCUT2D eigenvalue weighted by Crippen LogP contribution is 2.27. The van der Waals surface area contributed by atoms with Gasteiger partial charge in [0, 0.05) is 24.4 Å². The largest absolute Gasteiger partial charge is 0.497 e. The number of ether oxygens (including phenoxy) is 1. The van der Waals surface area contributed by atoms with Gasteiger partial charge in [0.1, 0.15) is 5.75 Å². The van der Waals surface area contributed by atoms with E-state index >= 15 is 0 Å². The molecule has 1 heterocycles. The molecule has 2 rings (SSSR count). The Labute approximate surface area is 101 Å². The molecule has 0 saturated heterocycles. The number of fused-ring (bicyclic) bond motifs is 1. The van der Waals surface area contributed by atoms with E-state index in [0.717, 1.165) is 22.3 Å². The van der Waals surface area contributed by atoms with Crippen LogP contribution in [0, 0.1) is 0 Å². The van der Waals surface area contributed by atoms with Crippen LogP contribution in [0.15, 0.2) is 24.3 Å². The molecule has 0 N–H and O–H groups in total. The van der Waals surface area contributed by atoms with Crippen LogP contribution in [0.1, 0.15) is 37.3 Å². The first kappa shape index (κ1) is 11.7. The molecule has 0 radical (unpaired) electrons. The van der Waals surface area contributed by atoms with Crippen LogP contribution < -0.4 is 4.74 Å². The van der Waals surface area contributed by atoms with Crippen LogP contribution in [-0.4, -0.2) is 17.5 Å². The Balaban J connectivity index is 2.77. The van der Waals surface area contributed by atoms with Crippen LogP contribution in [-0.2, 0) is 0 Å². The van der Waals surface area contributed by atoms with Gasteiger partial charge in [-0.25, -0.2) is 0 Å². The lowest BCUT2D eigenvalue weighted by atomic mass is 10.2. The topological polar surface area (TPSA) is 31.2 Å². The number of rotatable bonds is 3. The minimum absolute atomic E-state index is 0.0915. The average Bonchev–Trinajstić information content (AvgIpc) is 2.66. The molecule has 0 amide bonds. The van der Waals surface area contributed by atoms with Crippen molar-refractivity contribution in [2.45, 2.75) is 26.8 Å². The molecule has 0 fully saturated rings. The summed E-state index contributed by atoms with van der Waals surface area (Å²) in [6.45, 7) is 5.75. The molecule has 0 unspecified atom stereocenters. The van der Waals surface area contributed by atoms with Crippen molar-refractivity contribution in [3.05, 3.63) is 30.0 Å². The van der Waals surface area contributed by atoms with Gasteiger partial charge in [0.05, 0.1) is 18.3 Å². The number of nitrogens with zero attached hydrogens (tertiary/aromatic N) is 1. The smallest absolute Gasteiger partial charge is 0.176 e. The van der Waals surface area contributed by atoms with Crippen LogP contribution in [0.25, 0.3) is 10.9 Å². The molecule has 2 aromatic rings. The first-order chi connectivity index (χ1) is 8.04. The fourth-order valence-corrected chi connectivity index (χ4v) is 2.16. The SMILES string of the molecule is COc1ccc2cc(C(C)=O)n(C(C)C)c2c1. The van der Waals surface area contributed by atoms with Crippen LogP contribution in [0.5, 0.6) is 5.75 Å². The van der Waals surface area contributed by atoms with Crippen molar-refractivity contribution >= 4 is 16.7 Å². The summed E-state index contributed by atoms with van der Waals surface area (Å²) in [5, 5.41) is 1.07. The highest BCUT2D eigenvalue weighted by molar-refractivity contribution is 5.99. The molecule has 0 aliphatic heterocycles. The van der Waals surface area contributed by atoms with Crippen molar-refractivity contribution in [2.24, 2.45) is 0 Å². The summed E-state index contributed by atoms with van der Waals surface area (Å²) >= 11 is 0. The van der Waals surface area contributed by atoms with Crippen LogP contribution in [0.3, 0.4) is 0 Å². The molecule has 90 valence electrons. The van der Waals surface area contributed by atoms with Gasteiger partial charge in [0.2, 0.25) is 0 Å². The Morgan fingerprint density at radius 1 is 1.29 bits per heavy atom. The fraction of sp³-hybridized carbons (Fsp3) is 0.357. The Bertz CT molecular complexity index is 567. The van der Waals surface area contributed by atoms with Gasteiger partial charge < -0.3 is 9.30 Å². The van der Waals surface area contributed by atoms with E-state index in [-0.39, 0.29) is 11.8 Å². The fourth-order valence-electron chi connectivity index (χ4n) is 2.16. The Kier molecular flexibility index (Phi) is 2.92. The van der Waals surface area contributed by atoms with E-state index in [1.165, 1.54) is 0 Å². The van der Waals surface area contributed by atoms with E-state index in [1.807, 2.05) is 24.3 Å². The number of hydrogen-bond donors (Lipinski definition) is 0. The molecule has 0 saturated carbocycles. The van der Waals surface area contributed by atoms with Crippen LogP contribution in [0.2, 0.25) is 0 Å². The maximum Gasteiger partial charge on any atom is 0.176 e. The van der Waals surface area contributed by atoms with E-state index in [4.69, 9.17) is 4.74 Å². The van der Waals surface area contributed by atoms with Gasteiger partial charge in [0.15, 0.2) is 5.78 Å². The third-order valence-corrected chi connectivity index (χ3v) is 2.93. The molecule has 0 aliphatic carbocycles. The third-order valence-electron chi connectivity index (χ3n) is 2.93. The summed E-state index contributed by atoms with van der Waals surface area (Å²) in [7, 11) is 1.65. The first-order valence-electron chi connectivity index (χ1n) is 5.74. The second-order valence-corrected chi connectivity index (χ2v) is 4.47. The lowest BCUT2D eigenvalue weighted by molar-refractivity contribution is 0.100. The lowest BCUT2D eigenvalue weighted by Gasteiger charge is -2.13. The van der Waals surface area contributed by atoms with E-state index in [9.17, 15) is 4.79 Å². The number of carbonyl (C=O) groups is 1. The van der Waals surface area contributed by atoms with Crippen molar-refractivity contribution in [3.8, 4) is 5.75 Å². The Morgan fingerprint density at radius 2 is 2.00 bits per heavy atom. The molecular formula is C14H17NO2. The third kappa shape index (κ3) is 1.93. The predicted octanol–water partition coefficient (Wildman–Crippen LogP) is 3.43. The normalized spacial score (nSPS) is 11.1. The Hall–Kier alpha value is -1.77. The molecule has 0 atom stereocenters. The van der Waals surface area contributed by atoms with Gasteiger partial charge in [-0.2, -0.15) is 0 Å². The Morgan fingerprint density at radius 3 is 2.53 bits per heavy atom. The summed E-state index contributed by atoms with van der Waals surface area (Å²) in [5.41, 5.74) is 1.80. The quantitative estimate of drug-likeness (QED) is 0.758. The van der Waals surface area contributed by atoms with Gasteiger partial charge in [-0.3, -0.25) is 4.79 Å². The number of methoxy groups -OCH3 is 1. The molecule has 0 bridgehead atoms.